The molecule has 6 nitrogen and oxygen atoms in total. The predicted molar refractivity (Wildman–Crippen MR) is 127 cm³/mol. The fourth-order valence-electron chi connectivity index (χ4n) is 3.02. The van der Waals surface area contributed by atoms with Crippen LogP contribution in [0.2, 0.25) is 0 Å². The van der Waals surface area contributed by atoms with Crippen molar-refractivity contribution < 1.29 is 9.53 Å². The van der Waals surface area contributed by atoms with E-state index >= 15 is 0 Å². The Kier molecular flexibility index (Phi) is 5.15. The number of ether oxygens (including phenoxy) is 1. The van der Waals surface area contributed by atoms with E-state index in [1.807, 2.05) is 72.8 Å². The molecule has 2 aromatic heterocycles. The molecule has 152 valence electrons. The SMILES string of the molecule is COc1ccc2nc(N(/N=C/c3ccccc3)C(=O)c3nc4ccccc4s3)sc2c1. The first kappa shape index (κ1) is 19.3. The summed E-state index contributed by atoms with van der Waals surface area (Å²) in [5.41, 5.74) is 2.45. The average molecular weight is 445 g/mol. The molecule has 0 radical (unpaired) electrons. The number of fused-ring (bicyclic) bond motifs is 2. The molecule has 0 aliphatic heterocycles. The maximum Gasteiger partial charge on any atom is 0.309 e. The molecule has 0 aliphatic rings. The van der Waals surface area contributed by atoms with Gasteiger partial charge < -0.3 is 4.74 Å². The van der Waals surface area contributed by atoms with Crippen LogP contribution in [-0.2, 0) is 0 Å². The zero-order valence-corrected chi connectivity index (χ0v) is 18.1. The first-order valence-corrected chi connectivity index (χ1v) is 11.1. The molecular weight excluding hydrogens is 428 g/mol. The Bertz CT molecular complexity index is 1380. The van der Waals surface area contributed by atoms with Gasteiger partial charge in [-0.1, -0.05) is 53.8 Å². The number of benzene rings is 3. The van der Waals surface area contributed by atoms with Crippen molar-refractivity contribution in [3.05, 3.63) is 83.4 Å². The second-order valence-electron chi connectivity index (χ2n) is 6.59. The number of hydrogen-bond donors (Lipinski definition) is 0. The largest absolute Gasteiger partial charge is 0.497 e. The van der Waals surface area contributed by atoms with Crippen LogP contribution >= 0.6 is 22.7 Å². The van der Waals surface area contributed by atoms with E-state index in [0.29, 0.717) is 10.1 Å². The highest BCUT2D eigenvalue weighted by atomic mass is 32.1. The maximum absolute atomic E-state index is 13.4. The molecule has 2 heterocycles. The lowest BCUT2D eigenvalue weighted by molar-refractivity contribution is 0.0987. The van der Waals surface area contributed by atoms with Gasteiger partial charge in [-0.2, -0.15) is 10.1 Å². The number of methoxy groups -OCH3 is 1. The van der Waals surface area contributed by atoms with Crippen molar-refractivity contribution in [3.63, 3.8) is 0 Å². The molecule has 3 aromatic carbocycles. The molecule has 5 rings (SSSR count). The van der Waals surface area contributed by atoms with Crippen LogP contribution < -0.4 is 9.75 Å². The first-order valence-electron chi connectivity index (χ1n) is 9.45. The molecule has 0 saturated carbocycles. The van der Waals surface area contributed by atoms with Gasteiger partial charge in [0.1, 0.15) is 5.75 Å². The third kappa shape index (κ3) is 3.90. The fourth-order valence-corrected chi connectivity index (χ4v) is 4.86. The topological polar surface area (TPSA) is 67.7 Å². The summed E-state index contributed by atoms with van der Waals surface area (Å²) in [5, 5.41) is 6.65. The third-order valence-electron chi connectivity index (χ3n) is 4.56. The van der Waals surface area contributed by atoms with Gasteiger partial charge in [-0.05, 0) is 35.9 Å². The van der Waals surface area contributed by atoms with E-state index in [-0.39, 0.29) is 5.91 Å². The molecule has 0 N–H and O–H groups in total. The van der Waals surface area contributed by atoms with Gasteiger partial charge in [0.25, 0.3) is 0 Å². The molecular formula is C23H16N4O2S2. The fraction of sp³-hybridized carbons (Fsp3) is 0.0435. The first-order chi connectivity index (χ1) is 15.2. The van der Waals surface area contributed by atoms with Crippen molar-refractivity contribution in [2.75, 3.05) is 12.1 Å². The zero-order valence-electron chi connectivity index (χ0n) is 16.4. The van der Waals surface area contributed by atoms with Crippen LogP contribution in [-0.4, -0.2) is 29.2 Å². The number of nitrogens with zero attached hydrogens (tertiary/aromatic N) is 4. The third-order valence-corrected chi connectivity index (χ3v) is 6.57. The molecule has 0 bridgehead atoms. The Balaban J connectivity index is 1.58. The molecule has 0 aliphatic carbocycles. The number of hydrazone groups is 1. The molecule has 0 fully saturated rings. The summed E-state index contributed by atoms with van der Waals surface area (Å²) >= 11 is 2.72. The summed E-state index contributed by atoms with van der Waals surface area (Å²) in [7, 11) is 1.62. The zero-order chi connectivity index (χ0) is 21.2. The van der Waals surface area contributed by atoms with Crippen LogP contribution in [0, 0.1) is 0 Å². The summed E-state index contributed by atoms with van der Waals surface area (Å²) < 4.78 is 7.17. The van der Waals surface area contributed by atoms with Crippen molar-refractivity contribution in [3.8, 4) is 5.75 Å². The van der Waals surface area contributed by atoms with E-state index in [9.17, 15) is 4.79 Å². The number of aromatic nitrogens is 2. The molecule has 5 aromatic rings. The molecule has 0 saturated heterocycles. The van der Waals surface area contributed by atoms with Gasteiger partial charge in [0, 0.05) is 0 Å². The van der Waals surface area contributed by atoms with Crippen molar-refractivity contribution in [1.29, 1.82) is 0 Å². The van der Waals surface area contributed by atoms with Crippen molar-refractivity contribution in [1.82, 2.24) is 9.97 Å². The smallest absolute Gasteiger partial charge is 0.309 e. The molecule has 8 heteroatoms. The van der Waals surface area contributed by atoms with Crippen LogP contribution in [0.3, 0.4) is 0 Å². The lowest BCUT2D eigenvalue weighted by Crippen LogP contribution is -2.25. The van der Waals surface area contributed by atoms with Crippen LogP contribution in [0.25, 0.3) is 20.4 Å². The van der Waals surface area contributed by atoms with Crippen LogP contribution in [0.15, 0.2) is 77.9 Å². The van der Waals surface area contributed by atoms with E-state index in [1.165, 1.54) is 27.7 Å². The van der Waals surface area contributed by atoms with E-state index in [1.54, 1.807) is 13.3 Å². The highest BCUT2D eigenvalue weighted by Gasteiger charge is 2.24. The van der Waals surface area contributed by atoms with Gasteiger partial charge in [0.2, 0.25) is 5.13 Å². The van der Waals surface area contributed by atoms with Gasteiger partial charge in [-0.3, -0.25) is 4.79 Å². The van der Waals surface area contributed by atoms with Gasteiger partial charge in [0.05, 0.1) is 33.8 Å². The lowest BCUT2D eigenvalue weighted by Gasteiger charge is -2.11. The van der Waals surface area contributed by atoms with Gasteiger partial charge in [-0.25, -0.2) is 9.97 Å². The highest BCUT2D eigenvalue weighted by Crippen LogP contribution is 2.33. The molecule has 0 atom stereocenters. The number of thiazole rings is 2. The van der Waals surface area contributed by atoms with Gasteiger partial charge in [-0.15, -0.1) is 11.3 Å². The van der Waals surface area contributed by atoms with Crippen molar-refractivity contribution >= 4 is 60.4 Å². The lowest BCUT2D eigenvalue weighted by atomic mass is 10.2. The number of anilines is 1. The number of carbonyl (C=O) groups is 1. The summed E-state index contributed by atoms with van der Waals surface area (Å²) in [5.74, 6) is 0.416. The Morgan fingerprint density at radius 2 is 1.71 bits per heavy atom. The molecule has 1 amide bonds. The highest BCUT2D eigenvalue weighted by molar-refractivity contribution is 7.23. The summed E-state index contributed by atoms with van der Waals surface area (Å²) in [6.45, 7) is 0. The minimum absolute atomic E-state index is 0.320. The van der Waals surface area contributed by atoms with E-state index in [2.05, 4.69) is 15.1 Å². The van der Waals surface area contributed by atoms with E-state index < -0.39 is 0 Å². The van der Waals surface area contributed by atoms with Gasteiger partial charge >= 0.3 is 5.91 Å². The molecule has 0 spiro atoms. The molecule has 0 unspecified atom stereocenters. The maximum atomic E-state index is 13.4. The predicted octanol–water partition coefficient (Wildman–Crippen LogP) is 5.60. The monoisotopic (exact) mass is 444 g/mol. The Morgan fingerprint density at radius 3 is 2.52 bits per heavy atom. The van der Waals surface area contributed by atoms with Crippen LogP contribution in [0.4, 0.5) is 5.13 Å². The standard InChI is InChI=1S/C23H16N4O2S2/c1-29-16-11-12-18-20(13-16)31-23(26-18)27(24-14-15-7-3-2-4-8-15)22(28)21-25-17-9-5-6-10-19(17)30-21/h2-14H,1H3/b24-14+. The number of hydrogen-bond acceptors (Lipinski definition) is 7. The van der Waals surface area contributed by atoms with Gasteiger partial charge in [0.15, 0.2) is 5.01 Å². The summed E-state index contributed by atoms with van der Waals surface area (Å²) in [4.78, 5) is 22.6. The van der Waals surface area contributed by atoms with E-state index in [4.69, 9.17) is 4.74 Å². The average Bonchev–Trinajstić information content (AvgIpc) is 3.43. The Hall–Kier alpha value is -3.62. The minimum Gasteiger partial charge on any atom is -0.497 e. The summed E-state index contributed by atoms with van der Waals surface area (Å²) in [6.07, 6.45) is 1.65. The van der Waals surface area contributed by atoms with Crippen LogP contribution in [0.5, 0.6) is 5.75 Å². The quantitative estimate of drug-likeness (QED) is 0.262. The number of rotatable bonds is 5. The normalized spacial score (nSPS) is 11.4. The number of para-hydroxylation sites is 1. The Morgan fingerprint density at radius 1 is 0.935 bits per heavy atom. The second-order valence-corrected chi connectivity index (χ2v) is 8.63. The van der Waals surface area contributed by atoms with Crippen LogP contribution in [0.1, 0.15) is 15.4 Å². The van der Waals surface area contributed by atoms with Crippen molar-refractivity contribution in [2.24, 2.45) is 5.10 Å². The molecule has 31 heavy (non-hydrogen) atoms. The van der Waals surface area contributed by atoms with Crippen molar-refractivity contribution in [2.45, 2.75) is 0 Å². The van der Waals surface area contributed by atoms with E-state index in [0.717, 1.165) is 31.7 Å². The number of amides is 1. The number of carbonyl (C=O) groups excluding carboxylic acids is 1. The second kappa shape index (κ2) is 8.25. The summed E-state index contributed by atoms with van der Waals surface area (Å²) in [6, 6.07) is 22.9. The Labute approximate surface area is 186 Å². The minimum atomic E-state index is -0.320.